The van der Waals surface area contributed by atoms with Gasteiger partial charge < -0.3 is 15.0 Å². The lowest BCUT2D eigenvalue weighted by Crippen LogP contribution is -2.39. The third-order valence-corrected chi connectivity index (χ3v) is 5.98. The number of hydrogen-bond donors (Lipinski definition) is 2. The van der Waals surface area contributed by atoms with Crippen LogP contribution in [0.2, 0.25) is 0 Å². The maximum atomic E-state index is 13.0. The first-order chi connectivity index (χ1) is 16.3. The van der Waals surface area contributed by atoms with Crippen molar-refractivity contribution in [3.8, 4) is 22.6 Å². The van der Waals surface area contributed by atoms with Gasteiger partial charge in [-0.1, -0.05) is 0 Å². The van der Waals surface area contributed by atoms with Crippen LogP contribution in [0, 0.1) is 5.92 Å². The van der Waals surface area contributed by atoms with Gasteiger partial charge >= 0.3 is 12.1 Å². The second-order valence-electron chi connectivity index (χ2n) is 8.28. The second kappa shape index (κ2) is 8.44. The number of alkyl halides is 3. The molecule has 0 spiro atoms. The van der Waals surface area contributed by atoms with Gasteiger partial charge in [0.05, 0.1) is 28.2 Å². The Morgan fingerprint density at radius 2 is 1.85 bits per heavy atom. The molecule has 1 aliphatic rings. The summed E-state index contributed by atoms with van der Waals surface area (Å²) in [6.45, 7) is 1.21. The summed E-state index contributed by atoms with van der Waals surface area (Å²) < 4.78 is 38.9. The average Bonchev–Trinajstić information content (AvgIpc) is 3.27. The van der Waals surface area contributed by atoms with Crippen molar-refractivity contribution in [1.82, 2.24) is 19.9 Å². The molecule has 0 amide bonds. The van der Waals surface area contributed by atoms with Crippen molar-refractivity contribution in [3.05, 3.63) is 60.4 Å². The molecule has 1 saturated heterocycles. The van der Waals surface area contributed by atoms with Gasteiger partial charge in [0.25, 0.3) is 0 Å². The van der Waals surface area contributed by atoms with Gasteiger partial charge in [0.1, 0.15) is 11.6 Å². The number of nitrogens with zero attached hydrogens (tertiary/aromatic N) is 4. The number of halogens is 3. The highest BCUT2D eigenvalue weighted by Gasteiger charge is 2.31. The summed E-state index contributed by atoms with van der Waals surface area (Å²) in [6, 6.07) is 10.7. The van der Waals surface area contributed by atoms with E-state index >= 15 is 0 Å². The summed E-state index contributed by atoms with van der Waals surface area (Å²) in [7, 11) is 0. The Hall–Kier alpha value is -3.95. The topological polar surface area (TPSA) is 95.0 Å². The third-order valence-electron chi connectivity index (χ3n) is 5.98. The molecule has 7 nitrogen and oxygen atoms in total. The summed E-state index contributed by atoms with van der Waals surface area (Å²) in [5.74, 6) is -0.00894. The van der Waals surface area contributed by atoms with E-state index in [0.717, 1.165) is 36.5 Å². The van der Waals surface area contributed by atoms with E-state index in [9.17, 15) is 23.1 Å². The number of benzene rings is 1. The largest absolute Gasteiger partial charge is 0.481 e. The molecule has 2 N–H and O–H groups in total. The third kappa shape index (κ3) is 4.30. The number of carboxylic acids is 1. The average molecular weight is 467 g/mol. The van der Waals surface area contributed by atoms with Gasteiger partial charge in [-0.3, -0.25) is 9.78 Å². The van der Waals surface area contributed by atoms with E-state index in [0.29, 0.717) is 41.1 Å². The quantitative estimate of drug-likeness (QED) is 0.438. The Labute approximate surface area is 192 Å². The van der Waals surface area contributed by atoms with E-state index in [2.05, 4.69) is 19.9 Å². The normalized spacial score (nSPS) is 16.7. The van der Waals surface area contributed by atoms with E-state index in [1.807, 2.05) is 17.0 Å². The second-order valence-corrected chi connectivity index (χ2v) is 8.28. The number of H-pyrrole nitrogens is 1. The number of hydrogen-bond acceptors (Lipinski definition) is 5. The lowest BCUT2D eigenvalue weighted by molar-refractivity contribution is -0.142. The zero-order valence-electron chi connectivity index (χ0n) is 17.9. The molecule has 174 valence electrons. The summed E-state index contributed by atoms with van der Waals surface area (Å²) >= 11 is 0. The molecule has 0 unspecified atom stereocenters. The molecule has 1 fully saturated rings. The summed E-state index contributed by atoms with van der Waals surface area (Å²) in [4.78, 5) is 29.5. The molecule has 4 aromatic rings. The Balaban J connectivity index is 1.34. The highest BCUT2D eigenvalue weighted by molar-refractivity contribution is 5.80. The minimum Gasteiger partial charge on any atom is -0.481 e. The predicted molar refractivity (Wildman–Crippen MR) is 120 cm³/mol. The smallest absolute Gasteiger partial charge is 0.416 e. The van der Waals surface area contributed by atoms with E-state index in [1.165, 1.54) is 6.07 Å². The standard InChI is InChI=1S/C24H20F3N5O2/c25-24(26,27)17-5-7-19-20(10-17)31-22(30-19)15-3-6-18(28-12-15)14-4-8-21(29-11-14)32-9-1-2-16(13-32)23(33)34/h3-8,10-12,16H,1-2,9,13H2,(H,30,31)(H,33,34)/t16-/m1/s1. The maximum Gasteiger partial charge on any atom is 0.416 e. The van der Waals surface area contributed by atoms with E-state index in [4.69, 9.17) is 0 Å². The van der Waals surface area contributed by atoms with Gasteiger partial charge in [-0.15, -0.1) is 0 Å². The zero-order chi connectivity index (χ0) is 23.9. The fourth-order valence-corrected chi connectivity index (χ4v) is 4.14. The molecule has 5 rings (SSSR count). The van der Waals surface area contributed by atoms with Crippen LogP contribution < -0.4 is 4.90 Å². The molecular formula is C24H20F3N5O2. The number of fused-ring (bicyclic) bond motifs is 1. The van der Waals surface area contributed by atoms with Crippen LogP contribution in [0.1, 0.15) is 18.4 Å². The van der Waals surface area contributed by atoms with Crippen molar-refractivity contribution in [3.63, 3.8) is 0 Å². The number of carbonyl (C=O) groups is 1. The summed E-state index contributed by atoms with van der Waals surface area (Å²) in [5.41, 5.74) is 2.13. The van der Waals surface area contributed by atoms with Gasteiger partial charge in [-0.2, -0.15) is 13.2 Å². The number of imidazole rings is 1. The lowest BCUT2D eigenvalue weighted by atomic mass is 9.98. The molecule has 0 saturated carbocycles. The lowest BCUT2D eigenvalue weighted by Gasteiger charge is -2.31. The van der Waals surface area contributed by atoms with Crippen molar-refractivity contribution in [2.75, 3.05) is 18.0 Å². The van der Waals surface area contributed by atoms with E-state index in [1.54, 1.807) is 24.5 Å². The van der Waals surface area contributed by atoms with Crippen LogP contribution in [-0.2, 0) is 11.0 Å². The van der Waals surface area contributed by atoms with Gasteiger partial charge in [0, 0.05) is 36.6 Å². The first-order valence-electron chi connectivity index (χ1n) is 10.8. The SMILES string of the molecule is O=C(O)[C@@H]1CCCN(c2ccc(-c3ccc(-c4nc5ccc(C(F)(F)F)cc5[nH]4)cn3)cn2)C1. The van der Waals surface area contributed by atoms with Crippen LogP contribution in [-0.4, -0.2) is 44.1 Å². The monoisotopic (exact) mass is 467 g/mol. The van der Waals surface area contributed by atoms with Gasteiger partial charge in [-0.05, 0) is 55.3 Å². The van der Waals surface area contributed by atoms with Gasteiger partial charge in [0.15, 0.2) is 0 Å². The Morgan fingerprint density at radius 1 is 1.06 bits per heavy atom. The summed E-state index contributed by atoms with van der Waals surface area (Å²) in [5, 5.41) is 9.28. The van der Waals surface area contributed by atoms with Gasteiger partial charge in [-0.25, -0.2) is 9.97 Å². The molecule has 4 heterocycles. The Morgan fingerprint density at radius 3 is 2.53 bits per heavy atom. The maximum absolute atomic E-state index is 13.0. The number of nitrogens with one attached hydrogen (secondary N) is 1. The van der Waals surface area contributed by atoms with Crippen LogP contribution in [0.25, 0.3) is 33.7 Å². The molecule has 1 aromatic carbocycles. The van der Waals surface area contributed by atoms with Crippen molar-refractivity contribution >= 4 is 22.8 Å². The predicted octanol–water partition coefficient (Wildman–Crippen LogP) is 5.01. The van der Waals surface area contributed by atoms with E-state index < -0.39 is 17.7 Å². The minimum absolute atomic E-state index is 0.302. The highest BCUT2D eigenvalue weighted by atomic mass is 19.4. The number of anilines is 1. The molecule has 0 radical (unpaired) electrons. The minimum atomic E-state index is -4.42. The van der Waals surface area contributed by atoms with Crippen LogP contribution in [0.3, 0.4) is 0 Å². The number of pyridine rings is 2. The van der Waals surface area contributed by atoms with Crippen molar-refractivity contribution in [1.29, 1.82) is 0 Å². The van der Waals surface area contributed by atoms with Crippen LogP contribution in [0.5, 0.6) is 0 Å². The fraction of sp³-hybridized carbons (Fsp3) is 0.250. The number of aromatic amines is 1. The molecule has 3 aromatic heterocycles. The fourth-order valence-electron chi connectivity index (χ4n) is 4.14. The van der Waals surface area contributed by atoms with E-state index in [-0.39, 0.29) is 5.92 Å². The number of aliphatic carboxylic acids is 1. The summed E-state index contributed by atoms with van der Waals surface area (Å²) in [6.07, 6.45) is 0.366. The van der Waals surface area contributed by atoms with Crippen LogP contribution >= 0.6 is 0 Å². The van der Waals surface area contributed by atoms with Crippen LogP contribution in [0.4, 0.5) is 19.0 Å². The number of piperidine rings is 1. The molecule has 34 heavy (non-hydrogen) atoms. The van der Waals surface area contributed by atoms with Crippen molar-refractivity contribution < 1.29 is 23.1 Å². The van der Waals surface area contributed by atoms with Crippen molar-refractivity contribution in [2.24, 2.45) is 5.92 Å². The zero-order valence-corrected chi connectivity index (χ0v) is 17.9. The number of aromatic nitrogens is 4. The number of carboxylic acid groups (broad SMARTS) is 1. The molecule has 1 aliphatic heterocycles. The number of rotatable bonds is 4. The van der Waals surface area contributed by atoms with Crippen LogP contribution in [0.15, 0.2) is 54.9 Å². The Kier molecular flexibility index (Phi) is 5.43. The Bertz CT molecular complexity index is 1330. The first kappa shape index (κ1) is 21.9. The highest BCUT2D eigenvalue weighted by Crippen LogP contribution is 2.32. The first-order valence-corrected chi connectivity index (χ1v) is 10.8. The molecule has 1 atom stereocenters. The van der Waals surface area contributed by atoms with Gasteiger partial charge in [0.2, 0.25) is 0 Å². The molecular weight excluding hydrogens is 447 g/mol. The molecule has 10 heteroatoms. The van der Waals surface area contributed by atoms with Crippen molar-refractivity contribution in [2.45, 2.75) is 19.0 Å². The molecule has 0 bridgehead atoms. The molecule has 0 aliphatic carbocycles.